The van der Waals surface area contributed by atoms with Crippen molar-refractivity contribution in [2.75, 3.05) is 18.4 Å². The molecule has 1 saturated heterocycles. The maximum atomic E-state index is 12.8. The molecule has 3 rings (SSSR count). The van der Waals surface area contributed by atoms with Crippen molar-refractivity contribution in [3.8, 4) is 0 Å². The van der Waals surface area contributed by atoms with Crippen molar-refractivity contribution < 1.29 is 4.79 Å². The summed E-state index contributed by atoms with van der Waals surface area (Å²) < 4.78 is 0. The summed E-state index contributed by atoms with van der Waals surface area (Å²) in [5.41, 5.74) is 10.3. The minimum atomic E-state index is -0.272. The van der Waals surface area contributed by atoms with Crippen molar-refractivity contribution in [3.63, 3.8) is 0 Å². The maximum absolute atomic E-state index is 12.8. The van der Waals surface area contributed by atoms with E-state index < -0.39 is 0 Å². The van der Waals surface area contributed by atoms with Gasteiger partial charge in [-0.1, -0.05) is 48.0 Å². The fourth-order valence-corrected chi connectivity index (χ4v) is 4.07. The van der Waals surface area contributed by atoms with Crippen LogP contribution in [0.15, 0.2) is 42.5 Å². The highest BCUT2D eigenvalue weighted by molar-refractivity contribution is 6.34. The number of rotatable bonds is 4. The lowest BCUT2D eigenvalue weighted by molar-refractivity contribution is -0.120. The van der Waals surface area contributed by atoms with Crippen LogP contribution in [-0.2, 0) is 4.79 Å². The van der Waals surface area contributed by atoms with Crippen molar-refractivity contribution in [2.24, 2.45) is 5.73 Å². The third-order valence-corrected chi connectivity index (χ3v) is 5.53. The predicted octanol–water partition coefficient (Wildman–Crippen LogP) is 4.13. The van der Waals surface area contributed by atoms with Crippen LogP contribution in [0, 0.1) is 13.8 Å². The standard InChI is InChI=1S/C21H26ClN3O.ClH/c1-13-9-14(2)20(18(22)10-13)24-21(26)15(3)25-11-17(19(23)12-25)16-7-5-4-6-8-16;/h4-10,15,17,19H,11-12,23H2,1-3H3,(H,24,26);1H/t15?,17-,19+;/m0./s1. The Hall–Kier alpha value is -1.59. The Labute approximate surface area is 172 Å². The average Bonchev–Trinajstić information content (AvgIpc) is 2.99. The Kier molecular flexibility index (Phi) is 7.29. The van der Waals surface area contributed by atoms with E-state index in [1.165, 1.54) is 5.56 Å². The molecule has 2 aromatic carbocycles. The van der Waals surface area contributed by atoms with E-state index in [1.807, 2.05) is 51.1 Å². The molecule has 0 aromatic heterocycles. The summed E-state index contributed by atoms with van der Waals surface area (Å²) in [6.07, 6.45) is 0. The van der Waals surface area contributed by atoms with Gasteiger partial charge in [0, 0.05) is 25.0 Å². The van der Waals surface area contributed by atoms with Gasteiger partial charge in [0.05, 0.1) is 16.8 Å². The van der Waals surface area contributed by atoms with Gasteiger partial charge in [-0.15, -0.1) is 12.4 Å². The smallest absolute Gasteiger partial charge is 0.241 e. The molecule has 0 saturated carbocycles. The van der Waals surface area contributed by atoms with Crippen LogP contribution in [0.5, 0.6) is 0 Å². The Morgan fingerprint density at radius 2 is 1.89 bits per heavy atom. The number of amides is 1. The van der Waals surface area contributed by atoms with Gasteiger partial charge in [-0.2, -0.15) is 0 Å². The largest absolute Gasteiger partial charge is 0.326 e. The molecule has 1 heterocycles. The minimum Gasteiger partial charge on any atom is -0.326 e. The Morgan fingerprint density at radius 3 is 2.52 bits per heavy atom. The summed E-state index contributed by atoms with van der Waals surface area (Å²) >= 11 is 6.32. The van der Waals surface area contributed by atoms with E-state index in [2.05, 4.69) is 22.3 Å². The van der Waals surface area contributed by atoms with Gasteiger partial charge in [0.1, 0.15) is 0 Å². The third-order valence-electron chi connectivity index (χ3n) is 5.23. The first-order valence-corrected chi connectivity index (χ1v) is 9.36. The van der Waals surface area contributed by atoms with Crippen LogP contribution in [0.1, 0.15) is 29.5 Å². The minimum absolute atomic E-state index is 0. The fraction of sp³-hybridized carbons (Fsp3) is 0.381. The molecule has 27 heavy (non-hydrogen) atoms. The van der Waals surface area contributed by atoms with Gasteiger partial charge < -0.3 is 11.1 Å². The molecule has 6 heteroatoms. The van der Waals surface area contributed by atoms with E-state index >= 15 is 0 Å². The average molecular weight is 408 g/mol. The summed E-state index contributed by atoms with van der Waals surface area (Å²) in [5.74, 6) is 0.191. The Bertz CT molecular complexity index is 774. The monoisotopic (exact) mass is 407 g/mol. The van der Waals surface area contributed by atoms with Crippen LogP contribution in [-0.4, -0.2) is 36.0 Å². The molecule has 1 amide bonds. The van der Waals surface area contributed by atoms with Gasteiger partial charge in [-0.25, -0.2) is 0 Å². The maximum Gasteiger partial charge on any atom is 0.241 e. The quantitative estimate of drug-likeness (QED) is 0.800. The molecule has 0 aliphatic carbocycles. The second kappa shape index (κ2) is 9.07. The van der Waals surface area contributed by atoms with Gasteiger partial charge in [0.2, 0.25) is 5.91 Å². The molecule has 2 aromatic rings. The zero-order valence-electron chi connectivity index (χ0n) is 15.9. The van der Waals surface area contributed by atoms with E-state index in [0.29, 0.717) is 17.3 Å². The van der Waals surface area contributed by atoms with Gasteiger partial charge >= 0.3 is 0 Å². The van der Waals surface area contributed by atoms with Crippen molar-refractivity contribution in [3.05, 3.63) is 64.2 Å². The number of nitrogens with one attached hydrogen (secondary N) is 1. The van der Waals surface area contributed by atoms with E-state index in [-0.39, 0.29) is 36.3 Å². The van der Waals surface area contributed by atoms with Crippen molar-refractivity contribution in [1.82, 2.24) is 4.90 Å². The first kappa shape index (κ1) is 21.7. The molecule has 1 aliphatic rings. The molecule has 1 unspecified atom stereocenters. The molecule has 146 valence electrons. The topological polar surface area (TPSA) is 58.4 Å². The summed E-state index contributed by atoms with van der Waals surface area (Å²) in [5, 5.41) is 3.57. The lowest BCUT2D eigenvalue weighted by Gasteiger charge is -2.24. The van der Waals surface area contributed by atoms with Gasteiger partial charge in [-0.05, 0) is 43.5 Å². The fourth-order valence-electron chi connectivity index (χ4n) is 3.70. The highest BCUT2D eigenvalue weighted by Gasteiger charge is 2.35. The highest BCUT2D eigenvalue weighted by Crippen LogP contribution is 2.30. The molecular formula is C21H27Cl2N3O. The van der Waals surface area contributed by atoms with E-state index in [4.69, 9.17) is 17.3 Å². The predicted molar refractivity (Wildman–Crippen MR) is 115 cm³/mol. The number of benzene rings is 2. The van der Waals surface area contributed by atoms with Crippen molar-refractivity contribution in [2.45, 2.75) is 38.8 Å². The van der Waals surface area contributed by atoms with Crippen LogP contribution >= 0.6 is 24.0 Å². The van der Waals surface area contributed by atoms with Crippen LogP contribution < -0.4 is 11.1 Å². The van der Waals surface area contributed by atoms with Crippen LogP contribution in [0.4, 0.5) is 5.69 Å². The van der Waals surface area contributed by atoms with Crippen LogP contribution in [0.3, 0.4) is 0 Å². The number of nitrogens with zero attached hydrogens (tertiary/aromatic N) is 1. The van der Waals surface area contributed by atoms with Crippen LogP contribution in [0.2, 0.25) is 5.02 Å². The normalized spacial score (nSPS) is 20.8. The molecule has 0 bridgehead atoms. The lowest BCUT2D eigenvalue weighted by Crippen LogP contribution is -2.42. The first-order valence-electron chi connectivity index (χ1n) is 8.99. The number of halogens is 2. The molecule has 0 spiro atoms. The second-order valence-corrected chi connectivity index (χ2v) is 7.65. The Balaban J connectivity index is 0.00000261. The second-order valence-electron chi connectivity index (χ2n) is 7.24. The van der Waals surface area contributed by atoms with E-state index in [9.17, 15) is 4.79 Å². The lowest BCUT2D eigenvalue weighted by atomic mass is 9.95. The van der Waals surface area contributed by atoms with Gasteiger partial charge in [-0.3, -0.25) is 9.69 Å². The molecule has 0 radical (unpaired) electrons. The molecular weight excluding hydrogens is 381 g/mol. The van der Waals surface area contributed by atoms with Crippen molar-refractivity contribution >= 4 is 35.6 Å². The number of carbonyl (C=O) groups is 1. The highest BCUT2D eigenvalue weighted by atomic mass is 35.5. The van der Waals surface area contributed by atoms with Crippen molar-refractivity contribution in [1.29, 1.82) is 0 Å². The van der Waals surface area contributed by atoms with E-state index in [0.717, 1.165) is 17.7 Å². The number of hydrogen-bond donors (Lipinski definition) is 2. The number of nitrogens with two attached hydrogens (primary N) is 1. The third kappa shape index (κ3) is 4.82. The summed E-state index contributed by atoms with van der Waals surface area (Å²) in [6, 6.07) is 13.9. The molecule has 4 nitrogen and oxygen atoms in total. The zero-order valence-corrected chi connectivity index (χ0v) is 17.5. The first-order chi connectivity index (χ1) is 12.4. The van der Waals surface area contributed by atoms with Gasteiger partial charge in [0.25, 0.3) is 0 Å². The number of carbonyl (C=O) groups excluding carboxylic acids is 1. The number of likely N-dealkylation sites (tertiary alicyclic amines) is 1. The number of hydrogen-bond acceptors (Lipinski definition) is 3. The van der Waals surface area contributed by atoms with E-state index in [1.54, 1.807) is 0 Å². The molecule has 3 atom stereocenters. The SMILES string of the molecule is Cc1cc(C)c(NC(=O)C(C)N2C[C@@H](N)[C@H](c3ccccc3)C2)c(Cl)c1.Cl. The summed E-state index contributed by atoms with van der Waals surface area (Å²) in [6.45, 7) is 7.35. The number of aryl methyl sites for hydroxylation is 2. The molecule has 1 fully saturated rings. The summed E-state index contributed by atoms with van der Waals surface area (Å²) in [7, 11) is 0. The van der Waals surface area contributed by atoms with Gasteiger partial charge in [0.15, 0.2) is 0 Å². The molecule has 3 N–H and O–H groups in total. The number of anilines is 1. The van der Waals surface area contributed by atoms with Crippen LogP contribution in [0.25, 0.3) is 0 Å². The zero-order chi connectivity index (χ0) is 18.8. The molecule has 1 aliphatic heterocycles. The summed E-state index contributed by atoms with van der Waals surface area (Å²) in [4.78, 5) is 14.9. The Morgan fingerprint density at radius 1 is 1.22 bits per heavy atom.